The number of anilines is 2. The first-order valence-electron chi connectivity index (χ1n) is 18.4. The van der Waals surface area contributed by atoms with E-state index in [2.05, 4.69) is 31.2 Å². The Balaban J connectivity index is 0.000000217. The van der Waals surface area contributed by atoms with Crippen molar-refractivity contribution in [2.45, 2.75) is 137 Å². The van der Waals surface area contributed by atoms with Crippen LogP contribution in [0.1, 0.15) is 120 Å². The van der Waals surface area contributed by atoms with Crippen molar-refractivity contribution in [3.63, 3.8) is 0 Å². The minimum atomic E-state index is -0.451. The molecule has 0 atom stereocenters. The second-order valence-electron chi connectivity index (χ2n) is 16.0. The smallest absolute Gasteiger partial charge is 0.410 e. The van der Waals surface area contributed by atoms with Gasteiger partial charge >= 0.3 is 12.2 Å². The molecule has 5 rings (SSSR count). The van der Waals surface area contributed by atoms with Gasteiger partial charge in [-0.25, -0.2) is 9.59 Å². The molecular formula is C40H62N4O4. The highest BCUT2D eigenvalue weighted by Crippen LogP contribution is 2.35. The Morgan fingerprint density at radius 2 is 1.06 bits per heavy atom. The van der Waals surface area contributed by atoms with Crippen LogP contribution in [0.4, 0.5) is 21.0 Å². The Morgan fingerprint density at radius 3 is 1.44 bits per heavy atom. The predicted octanol–water partition coefficient (Wildman–Crippen LogP) is 8.28. The number of nitrogens with zero attached hydrogens (tertiary/aromatic N) is 2. The molecule has 0 radical (unpaired) electrons. The lowest BCUT2D eigenvalue weighted by atomic mass is 9.96. The minimum Gasteiger partial charge on any atom is -0.444 e. The number of unbranched alkanes of at least 4 members (excludes halogenated alkanes) is 2. The molecule has 2 amide bonds. The number of hydrogen-bond acceptors (Lipinski definition) is 6. The summed E-state index contributed by atoms with van der Waals surface area (Å²) < 4.78 is 11.0. The molecule has 8 nitrogen and oxygen atoms in total. The molecule has 1 aliphatic carbocycles. The van der Waals surface area contributed by atoms with Gasteiger partial charge in [-0.15, -0.1) is 0 Å². The highest BCUT2D eigenvalue weighted by Gasteiger charge is 2.26. The van der Waals surface area contributed by atoms with Crippen molar-refractivity contribution in [1.29, 1.82) is 0 Å². The maximum atomic E-state index is 12.3. The molecule has 266 valence electrons. The molecule has 1 saturated carbocycles. The molecule has 48 heavy (non-hydrogen) atoms. The summed E-state index contributed by atoms with van der Waals surface area (Å²) in [6, 6.07) is 8.80. The van der Waals surface area contributed by atoms with Crippen molar-refractivity contribution < 1.29 is 19.1 Å². The van der Waals surface area contributed by atoms with Crippen molar-refractivity contribution in [3.8, 4) is 0 Å². The van der Waals surface area contributed by atoms with Gasteiger partial charge in [-0.05, 0) is 144 Å². The first-order valence-corrected chi connectivity index (χ1v) is 18.4. The fourth-order valence-corrected chi connectivity index (χ4v) is 6.48. The van der Waals surface area contributed by atoms with Gasteiger partial charge in [0.05, 0.1) is 0 Å². The molecule has 0 saturated heterocycles. The summed E-state index contributed by atoms with van der Waals surface area (Å²) in [6.45, 7) is 16.5. The number of amides is 2. The van der Waals surface area contributed by atoms with Gasteiger partial charge in [-0.3, -0.25) is 0 Å². The molecule has 2 aromatic carbocycles. The Morgan fingerprint density at radius 1 is 0.667 bits per heavy atom. The van der Waals surface area contributed by atoms with E-state index in [0.29, 0.717) is 26.2 Å². The lowest BCUT2D eigenvalue weighted by molar-refractivity contribution is 0.0248. The van der Waals surface area contributed by atoms with E-state index in [0.717, 1.165) is 55.8 Å². The summed E-state index contributed by atoms with van der Waals surface area (Å²) in [4.78, 5) is 28.3. The van der Waals surface area contributed by atoms with Gasteiger partial charge in [0.15, 0.2) is 0 Å². The van der Waals surface area contributed by atoms with Gasteiger partial charge in [0.2, 0.25) is 0 Å². The van der Waals surface area contributed by atoms with Crippen LogP contribution in [0.15, 0.2) is 24.3 Å². The van der Waals surface area contributed by atoms with Crippen LogP contribution < -0.4 is 11.5 Å². The van der Waals surface area contributed by atoms with Crippen molar-refractivity contribution in [3.05, 3.63) is 57.6 Å². The van der Waals surface area contributed by atoms with Crippen LogP contribution in [-0.2, 0) is 48.0 Å². The maximum Gasteiger partial charge on any atom is 0.410 e. The molecular weight excluding hydrogens is 600 g/mol. The van der Waals surface area contributed by atoms with Crippen molar-refractivity contribution in [1.82, 2.24) is 9.80 Å². The third kappa shape index (κ3) is 11.6. The normalized spacial score (nSPS) is 16.5. The second kappa shape index (κ2) is 16.3. The number of carbonyl (C=O) groups excluding carboxylic acids is 2. The van der Waals surface area contributed by atoms with E-state index in [9.17, 15) is 9.59 Å². The Bertz CT molecular complexity index is 1400. The number of fused-ring (bicyclic) bond motifs is 2. The third-order valence-electron chi connectivity index (χ3n) is 9.40. The molecule has 1 fully saturated rings. The molecule has 2 heterocycles. The number of rotatable bonds is 7. The van der Waals surface area contributed by atoms with Gasteiger partial charge in [-0.2, -0.15) is 0 Å². The van der Waals surface area contributed by atoms with Crippen LogP contribution >= 0.6 is 0 Å². The van der Waals surface area contributed by atoms with Crippen molar-refractivity contribution >= 4 is 23.6 Å². The molecule has 0 bridgehead atoms. The van der Waals surface area contributed by atoms with Crippen LogP contribution in [0.5, 0.6) is 0 Å². The number of ether oxygens (including phenoxy) is 2. The summed E-state index contributed by atoms with van der Waals surface area (Å²) in [7, 11) is 0. The van der Waals surface area contributed by atoms with Crippen LogP contribution in [0.25, 0.3) is 0 Å². The monoisotopic (exact) mass is 662 g/mol. The summed E-state index contributed by atoms with van der Waals surface area (Å²) in [5.74, 6) is 0.922. The first kappa shape index (κ1) is 37.4. The Labute approximate surface area is 289 Å². The van der Waals surface area contributed by atoms with Crippen LogP contribution in [0, 0.1) is 5.92 Å². The average molecular weight is 663 g/mol. The number of aryl methyl sites for hydroxylation is 2. The molecule has 3 aliphatic rings. The van der Waals surface area contributed by atoms with E-state index in [1.165, 1.54) is 71.9 Å². The molecule has 0 unspecified atom stereocenters. The molecule has 4 N–H and O–H groups in total. The highest BCUT2D eigenvalue weighted by molar-refractivity contribution is 5.69. The summed E-state index contributed by atoms with van der Waals surface area (Å²) >= 11 is 0. The molecule has 2 aliphatic heterocycles. The maximum absolute atomic E-state index is 12.3. The standard InChI is InChI=1S/C20H30N2O2.C20H32N2O2/c1-20(2,3)24-19(23)22-10-8-15-12-17(7-6-14-4-5-14)18(21)13-16(15)9-11-22;1-5-6-7-8-17-13-15-9-11-22(19(23)24-20(2,3)4)12-10-16(15)14-18(17)21/h12-14H,4-11,21H2,1-3H3;13-14H,5-12,21H2,1-4H3. The number of nitrogens with two attached hydrogens (primary N) is 2. The zero-order valence-electron chi connectivity index (χ0n) is 30.9. The quantitative estimate of drug-likeness (QED) is 0.228. The van der Waals surface area contributed by atoms with E-state index < -0.39 is 11.2 Å². The van der Waals surface area contributed by atoms with Gasteiger partial charge < -0.3 is 30.7 Å². The molecule has 2 aromatic rings. The lowest BCUT2D eigenvalue weighted by Crippen LogP contribution is -2.38. The van der Waals surface area contributed by atoms with E-state index in [1.54, 1.807) is 0 Å². The fraction of sp³-hybridized carbons (Fsp3) is 0.650. The SMILES string of the molecule is CC(C)(C)OC(=O)N1CCc2cc(N)c(CCC3CC3)cc2CC1.CCCCCc1cc2c(cc1N)CCN(C(=O)OC(C)(C)C)CC2. The Kier molecular flexibility index (Phi) is 12.7. The van der Waals surface area contributed by atoms with E-state index in [1.807, 2.05) is 51.3 Å². The zero-order valence-corrected chi connectivity index (χ0v) is 30.9. The fourth-order valence-electron chi connectivity index (χ4n) is 6.48. The van der Waals surface area contributed by atoms with Gasteiger partial charge in [0, 0.05) is 37.6 Å². The van der Waals surface area contributed by atoms with Crippen LogP contribution in [0.2, 0.25) is 0 Å². The minimum absolute atomic E-state index is 0.211. The number of hydrogen-bond donors (Lipinski definition) is 2. The molecule has 8 heteroatoms. The molecule has 0 spiro atoms. The number of carbonyl (C=O) groups is 2. The summed E-state index contributed by atoms with van der Waals surface area (Å²) in [5, 5.41) is 0. The van der Waals surface area contributed by atoms with E-state index >= 15 is 0 Å². The van der Waals surface area contributed by atoms with Crippen molar-refractivity contribution in [2.75, 3.05) is 37.6 Å². The number of nitrogen functional groups attached to an aromatic ring is 2. The largest absolute Gasteiger partial charge is 0.444 e. The van der Waals surface area contributed by atoms with Gasteiger partial charge in [0.25, 0.3) is 0 Å². The first-order chi connectivity index (χ1) is 22.6. The Hall–Kier alpha value is -3.42. The van der Waals surface area contributed by atoms with E-state index in [4.69, 9.17) is 20.9 Å². The zero-order chi connectivity index (χ0) is 35.1. The van der Waals surface area contributed by atoms with Crippen LogP contribution in [0.3, 0.4) is 0 Å². The van der Waals surface area contributed by atoms with Crippen molar-refractivity contribution in [2.24, 2.45) is 5.92 Å². The average Bonchev–Trinajstić information content (AvgIpc) is 3.84. The second-order valence-corrected chi connectivity index (χ2v) is 16.0. The third-order valence-corrected chi connectivity index (χ3v) is 9.40. The van der Waals surface area contributed by atoms with Gasteiger partial charge in [-0.1, -0.05) is 44.7 Å². The van der Waals surface area contributed by atoms with E-state index in [-0.39, 0.29) is 12.2 Å². The molecule has 0 aromatic heterocycles. The number of benzene rings is 2. The van der Waals surface area contributed by atoms with Gasteiger partial charge in [0.1, 0.15) is 11.2 Å². The summed E-state index contributed by atoms with van der Waals surface area (Å²) in [6.07, 6.45) is 12.8. The highest BCUT2D eigenvalue weighted by atomic mass is 16.6. The van der Waals surface area contributed by atoms with Crippen LogP contribution in [-0.4, -0.2) is 59.4 Å². The lowest BCUT2D eigenvalue weighted by Gasteiger charge is -2.26. The topological polar surface area (TPSA) is 111 Å². The predicted molar refractivity (Wildman–Crippen MR) is 196 cm³/mol. The summed E-state index contributed by atoms with van der Waals surface area (Å²) in [5.41, 5.74) is 21.2.